The Morgan fingerprint density at radius 1 is 1.45 bits per heavy atom. The Morgan fingerprint density at radius 2 is 2.00 bits per heavy atom. The molecule has 2 heteroatoms. The Hall–Kier alpha value is -0.0800. The van der Waals surface area contributed by atoms with Gasteiger partial charge in [-0.2, -0.15) is 0 Å². The van der Waals surface area contributed by atoms with Crippen LogP contribution in [-0.4, -0.2) is 25.8 Å². The molecular formula is C9H21NO. The molecule has 0 aromatic heterocycles. The molecule has 0 bridgehead atoms. The van der Waals surface area contributed by atoms with Crippen LogP contribution in [0.15, 0.2) is 0 Å². The molecule has 68 valence electrons. The Labute approximate surface area is 70.3 Å². The van der Waals surface area contributed by atoms with Gasteiger partial charge in [-0.05, 0) is 26.8 Å². The van der Waals surface area contributed by atoms with Crippen LogP contribution in [0.2, 0.25) is 0 Å². The van der Waals surface area contributed by atoms with E-state index in [0.717, 1.165) is 12.8 Å². The number of hydrogen-bond donors (Lipinski definition) is 1. The van der Waals surface area contributed by atoms with Crippen molar-refractivity contribution >= 4 is 0 Å². The van der Waals surface area contributed by atoms with E-state index in [1.165, 1.54) is 0 Å². The van der Waals surface area contributed by atoms with Crippen molar-refractivity contribution in [1.29, 1.82) is 0 Å². The van der Waals surface area contributed by atoms with Crippen LogP contribution in [-0.2, 0) is 4.74 Å². The molecule has 2 nitrogen and oxygen atoms in total. The van der Waals surface area contributed by atoms with Crippen molar-refractivity contribution in [2.24, 2.45) is 0 Å². The van der Waals surface area contributed by atoms with E-state index in [2.05, 4.69) is 26.1 Å². The monoisotopic (exact) mass is 159 g/mol. The Balaban J connectivity index is 4.19. The lowest BCUT2D eigenvalue weighted by molar-refractivity contribution is -0.0278. The minimum atomic E-state index is -0.0104. The van der Waals surface area contributed by atoms with E-state index < -0.39 is 0 Å². The molecule has 0 amide bonds. The van der Waals surface area contributed by atoms with E-state index in [0.29, 0.717) is 6.04 Å². The first kappa shape index (κ1) is 10.9. The average Bonchev–Trinajstić information content (AvgIpc) is 2.06. The molecule has 0 saturated carbocycles. The third-order valence-corrected chi connectivity index (χ3v) is 2.66. The van der Waals surface area contributed by atoms with Crippen LogP contribution in [0, 0.1) is 0 Å². The number of ether oxygens (including phenoxy) is 1. The predicted octanol–water partition coefficient (Wildman–Crippen LogP) is 1.80. The first-order valence-electron chi connectivity index (χ1n) is 4.37. The highest BCUT2D eigenvalue weighted by Crippen LogP contribution is 2.20. The summed E-state index contributed by atoms with van der Waals surface area (Å²) >= 11 is 0. The first-order valence-corrected chi connectivity index (χ1v) is 4.37. The Bertz CT molecular complexity index is 95.7. The molecule has 0 spiro atoms. The van der Waals surface area contributed by atoms with E-state index in [1.54, 1.807) is 7.11 Å². The topological polar surface area (TPSA) is 21.3 Å². The van der Waals surface area contributed by atoms with Crippen molar-refractivity contribution < 1.29 is 4.74 Å². The minimum Gasteiger partial charge on any atom is -0.377 e. The predicted molar refractivity (Wildman–Crippen MR) is 48.8 cm³/mol. The number of likely N-dealkylation sites (N-methyl/N-ethyl adjacent to an activating group) is 1. The number of rotatable bonds is 5. The van der Waals surface area contributed by atoms with Crippen LogP contribution < -0.4 is 5.32 Å². The average molecular weight is 159 g/mol. The zero-order valence-corrected chi connectivity index (χ0v) is 8.40. The highest BCUT2D eigenvalue weighted by atomic mass is 16.5. The normalized spacial score (nSPS) is 19.4. The molecule has 0 heterocycles. The maximum Gasteiger partial charge on any atom is 0.0800 e. The van der Waals surface area contributed by atoms with Gasteiger partial charge in [-0.3, -0.25) is 0 Å². The molecule has 11 heavy (non-hydrogen) atoms. The summed E-state index contributed by atoms with van der Waals surface area (Å²) in [4.78, 5) is 0. The summed E-state index contributed by atoms with van der Waals surface area (Å²) in [6.07, 6.45) is 2.15. The molecule has 0 radical (unpaired) electrons. The highest BCUT2D eigenvalue weighted by Gasteiger charge is 2.29. The molecule has 0 aromatic carbocycles. The smallest absolute Gasteiger partial charge is 0.0800 e. The van der Waals surface area contributed by atoms with E-state index >= 15 is 0 Å². The van der Waals surface area contributed by atoms with Crippen molar-refractivity contribution in [3.8, 4) is 0 Å². The molecule has 2 atom stereocenters. The fourth-order valence-corrected chi connectivity index (χ4v) is 1.47. The Morgan fingerprint density at radius 3 is 2.09 bits per heavy atom. The van der Waals surface area contributed by atoms with Crippen LogP contribution in [0.4, 0.5) is 0 Å². The maximum atomic E-state index is 5.47. The van der Waals surface area contributed by atoms with Crippen LogP contribution >= 0.6 is 0 Å². The quantitative estimate of drug-likeness (QED) is 0.660. The van der Waals surface area contributed by atoms with Gasteiger partial charge in [0.1, 0.15) is 0 Å². The lowest BCUT2D eigenvalue weighted by atomic mass is 9.91. The molecule has 0 fully saturated rings. The summed E-state index contributed by atoms with van der Waals surface area (Å²) in [5, 5.41) is 3.27. The molecule has 0 aliphatic heterocycles. The molecular weight excluding hydrogens is 138 g/mol. The maximum absolute atomic E-state index is 5.47. The zero-order valence-electron chi connectivity index (χ0n) is 8.40. The number of nitrogens with one attached hydrogen (secondary N) is 1. The van der Waals surface area contributed by atoms with E-state index in [1.807, 2.05) is 7.05 Å². The molecule has 0 aromatic rings. The first-order chi connectivity index (χ1) is 5.14. The molecule has 0 rings (SSSR count). The van der Waals surface area contributed by atoms with Crippen molar-refractivity contribution in [2.75, 3.05) is 14.2 Å². The van der Waals surface area contributed by atoms with Crippen molar-refractivity contribution in [3.05, 3.63) is 0 Å². The van der Waals surface area contributed by atoms with Gasteiger partial charge in [-0.15, -0.1) is 0 Å². The van der Waals surface area contributed by atoms with Crippen molar-refractivity contribution in [3.63, 3.8) is 0 Å². The van der Waals surface area contributed by atoms with Gasteiger partial charge in [-0.25, -0.2) is 0 Å². The third kappa shape index (κ3) is 2.46. The Kier molecular flexibility index (Phi) is 4.69. The standard InChI is InChI=1S/C9H21NO/c1-6-8(10-4)9(3,7-2)11-5/h8,10H,6-7H2,1-5H3. The van der Waals surface area contributed by atoms with Gasteiger partial charge in [0.05, 0.1) is 5.60 Å². The lowest BCUT2D eigenvalue weighted by Crippen LogP contribution is -2.47. The highest BCUT2D eigenvalue weighted by molar-refractivity contribution is 4.86. The molecule has 2 unspecified atom stereocenters. The minimum absolute atomic E-state index is 0.0104. The van der Waals surface area contributed by atoms with E-state index in [4.69, 9.17) is 4.74 Å². The third-order valence-electron chi connectivity index (χ3n) is 2.66. The summed E-state index contributed by atoms with van der Waals surface area (Å²) in [5.41, 5.74) is -0.0104. The summed E-state index contributed by atoms with van der Waals surface area (Å²) < 4.78 is 5.47. The van der Waals surface area contributed by atoms with Crippen molar-refractivity contribution in [2.45, 2.75) is 45.3 Å². The van der Waals surface area contributed by atoms with E-state index in [-0.39, 0.29) is 5.60 Å². The fourth-order valence-electron chi connectivity index (χ4n) is 1.47. The van der Waals surface area contributed by atoms with Crippen LogP contribution in [0.25, 0.3) is 0 Å². The number of methoxy groups -OCH3 is 1. The van der Waals surface area contributed by atoms with Crippen LogP contribution in [0.3, 0.4) is 0 Å². The van der Waals surface area contributed by atoms with Crippen LogP contribution in [0.5, 0.6) is 0 Å². The van der Waals surface area contributed by atoms with Gasteiger partial charge in [0.15, 0.2) is 0 Å². The van der Waals surface area contributed by atoms with E-state index in [9.17, 15) is 0 Å². The fraction of sp³-hybridized carbons (Fsp3) is 1.00. The summed E-state index contributed by atoms with van der Waals surface area (Å²) in [7, 11) is 3.77. The lowest BCUT2D eigenvalue weighted by Gasteiger charge is -2.35. The second kappa shape index (κ2) is 4.73. The SMILES string of the molecule is CCC(NC)C(C)(CC)OC. The summed E-state index contributed by atoms with van der Waals surface area (Å²) in [6, 6.07) is 0.456. The molecule has 0 aliphatic carbocycles. The zero-order chi connectivity index (χ0) is 8.91. The van der Waals surface area contributed by atoms with Gasteiger partial charge in [-0.1, -0.05) is 13.8 Å². The molecule has 1 N–H and O–H groups in total. The summed E-state index contributed by atoms with van der Waals surface area (Å²) in [6.45, 7) is 6.48. The molecule has 0 saturated heterocycles. The van der Waals surface area contributed by atoms with Gasteiger partial charge in [0, 0.05) is 13.2 Å². The van der Waals surface area contributed by atoms with Gasteiger partial charge in [0.25, 0.3) is 0 Å². The second-order valence-electron chi connectivity index (χ2n) is 3.12. The molecule has 0 aliphatic rings. The largest absolute Gasteiger partial charge is 0.377 e. The van der Waals surface area contributed by atoms with Crippen molar-refractivity contribution in [1.82, 2.24) is 5.32 Å². The van der Waals surface area contributed by atoms with Gasteiger partial charge < -0.3 is 10.1 Å². The van der Waals surface area contributed by atoms with Gasteiger partial charge in [0.2, 0.25) is 0 Å². The summed E-state index contributed by atoms with van der Waals surface area (Å²) in [5.74, 6) is 0. The van der Waals surface area contributed by atoms with Crippen LogP contribution in [0.1, 0.15) is 33.6 Å². The number of hydrogen-bond acceptors (Lipinski definition) is 2. The second-order valence-corrected chi connectivity index (χ2v) is 3.12. The van der Waals surface area contributed by atoms with Gasteiger partial charge >= 0.3 is 0 Å².